The predicted octanol–water partition coefficient (Wildman–Crippen LogP) is 2.02. The van der Waals surface area contributed by atoms with Crippen LogP contribution in [0.4, 0.5) is 4.39 Å². The minimum absolute atomic E-state index is 0.0884. The molecule has 0 bridgehead atoms. The van der Waals surface area contributed by atoms with Gasteiger partial charge in [0.05, 0.1) is 18.7 Å². The molecule has 0 aromatic heterocycles. The maximum atomic E-state index is 14.2. The van der Waals surface area contributed by atoms with Gasteiger partial charge in [-0.3, -0.25) is 19.4 Å². The molecule has 1 N–H and O–H groups in total. The molecule has 0 unspecified atom stereocenters. The van der Waals surface area contributed by atoms with E-state index in [1.54, 1.807) is 18.2 Å². The van der Waals surface area contributed by atoms with E-state index in [-0.39, 0.29) is 19.1 Å². The average molecular weight is 423 g/mol. The fourth-order valence-corrected chi connectivity index (χ4v) is 4.11. The number of halogens is 1. The molecule has 7 heteroatoms. The second-order valence-electron chi connectivity index (χ2n) is 7.93. The number of benzene rings is 2. The molecular formula is C24H26FN3O3. The van der Waals surface area contributed by atoms with Crippen molar-refractivity contribution in [1.82, 2.24) is 14.7 Å². The molecule has 0 saturated carbocycles. The number of hydrogen-bond acceptors (Lipinski definition) is 5. The van der Waals surface area contributed by atoms with Crippen LogP contribution in [-0.4, -0.2) is 71.0 Å². The van der Waals surface area contributed by atoms with Gasteiger partial charge < -0.3 is 10.0 Å². The third-order valence-corrected chi connectivity index (χ3v) is 5.87. The second-order valence-corrected chi connectivity index (χ2v) is 7.93. The quantitative estimate of drug-likeness (QED) is 0.721. The number of hydrogen-bond donors (Lipinski definition) is 1. The van der Waals surface area contributed by atoms with Gasteiger partial charge in [0.1, 0.15) is 11.5 Å². The first-order valence-corrected chi connectivity index (χ1v) is 10.5. The molecule has 6 nitrogen and oxygen atoms in total. The zero-order chi connectivity index (χ0) is 22.0. The molecule has 2 heterocycles. The molecule has 0 atom stereocenters. The summed E-state index contributed by atoms with van der Waals surface area (Å²) >= 11 is 0. The van der Waals surface area contributed by atoms with Crippen LogP contribution in [0, 0.1) is 12.7 Å². The van der Waals surface area contributed by atoms with Crippen LogP contribution in [0.2, 0.25) is 0 Å². The molecular weight excluding hydrogens is 397 g/mol. The number of amides is 2. The molecule has 162 valence electrons. The minimum Gasteiger partial charge on any atom is -0.395 e. The number of imide groups is 1. The highest BCUT2D eigenvalue weighted by molar-refractivity contribution is 6.35. The highest BCUT2D eigenvalue weighted by Crippen LogP contribution is 2.33. The maximum absolute atomic E-state index is 14.2. The first-order chi connectivity index (χ1) is 15.0. The summed E-state index contributed by atoms with van der Waals surface area (Å²) in [5, 5.41) is 9.18. The van der Waals surface area contributed by atoms with Crippen molar-refractivity contribution in [2.24, 2.45) is 0 Å². The van der Waals surface area contributed by atoms with Crippen molar-refractivity contribution in [1.29, 1.82) is 0 Å². The Kier molecular flexibility index (Phi) is 6.15. The molecule has 1 saturated heterocycles. The first kappa shape index (κ1) is 21.2. The summed E-state index contributed by atoms with van der Waals surface area (Å²) in [5.74, 6) is -1.23. The maximum Gasteiger partial charge on any atom is 0.278 e. The van der Waals surface area contributed by atoms with E-state index < -0.39 is 11.7 Å². The van der Waals surface area contributed by atoms with Crippen molar-refractivity contribution in [3.63, 3.8) is 0 Å². The summed E-state index contributed by atoms with van der Waals surface area (Å²) in [6, 6.07) is 13.7. The molecule has 0 spiro atoms. The lowest BCUT2D eigenvalue weighted by Gasteiger charge is -2.36. The SMILES string of the molecule is Cc1ccc(C2=C(N3CCN(CCO)CC3)C(=O)N(Cc3ccccc3F)C2=O)cc1. The number of aliphatic hydroxyl groups is 1. The Labute approximate surface area is 181 Å². The Bertz CT molecular complexity index is 1010. The van der Waals surface area contributed by atoms with Crippen molar-refractivity contribution in [2.45, 2.75) is 13.5 Å². The van der Waals surface area contributed by atoms with Crippen LogP contribution in [-0.2, 0) is 16.1 Å². The molecule has 4 rings (SSSR count). The normalized spacial score (nSPS) is 17.8. The fraction of sp³-hybridized carbons (Fsp3) is 0.333. The van der Waals surface area contributed by atoms with E-state index in [2.05, 4.69) is 4.90 Å². The zero-order valence-corrected chi connectivity index (χ0v) is 17.6. The van der Waals surface area contributed by atoms with E-state index >= 15 is 0 Å². The van der Waals surface area contributed by atoms with E-state index in [4.69, 9.17) is 0 Å². The molecule has 2 aliphatic rings. The lowest BCUT2D eigenvalue weighted by molar-refractivity contribution is -0.138. The van der Waals surface area contributed by atoms with Gasteiger partial charge in [-0.2, -0.15) is 0 Å². The third-order valence-electron chi connectivity index (χ3n) is 5.87. The highest BCUT2D eigenvalue weighted by Gasteiger charge is 2.42. The minimum atomic E-state index is -0.439. The smallest absolute Gasteiger partial charge is 0.278 e. The molecule has 2 aromatic rings. The highest BCUT2D eigenvalue weighted by atomic mass is 19.1. The standard InChI is InChI=1S/C24H26FN3O3/c1-17-6-8-18(9-7-17)21-22(27-12-10-26(11-13-27)14-15-29)24(31)28(23(21)30)16-19-4-2-3-5-20(19)25/h2-9,29H,10-16H2,1H3. The van der Waals surface area contributed by atoms with Crippen molar-refractivity contribution in [3.05, 3.63) is 76.7 Å². The van der Waals surface area contributed by atoms with Crippen molar-refractivity contribution in [2.75, 3.05) is 39.3 Å². The van der Waals surface area contributed by atoms with E-state index in [1.807, 2.05) is 36.1 Å². The number of carbonyl (C=O) groups is 2. The summed E-state index contributed by atoms with van der Waals surface area (Å²) in [4.78, 5) is 32.0. The fourth-order valence-electron chi connectivity index (χ4n) is 4.11. The third kappa shape index (κ3) is 4.24. The van der Waals surface area contributed by atoms with E-state index in [1.165, 1.54) is 6.07 Å². The Hall–Kier alpha value is -3.03. The predicted molar refractivity (Wildman–Crippen MR) is 115 cm³/mol. The zero-order valence-electron chi connectivity index (χ0n) is 17.6. The molecule has 2 aromatic carbocycles. The summed E-state index contributed by atoms with van der Waals surface area (Å²) in [6.45, 7) is 5.09. The van der Waals surface area contributed by atoms with Crippen molar-refractivity contribution >= 4 is 17.4 Å². The lowest BCUT2D eigenvalue weighted by Crippen LogP contribution is -2.48. The van der Waals surface area contributed by atoms with E-state index in [0.717, 1.165) is 10.5 Å². The summed E-state index contributed by atoms with van der Waals surface area (Å²) in [6.07, 6.45) is 0. The van der Waals surface area contributed by atoms with Gasteiger partial charge in [-0.1, -0.05) is 48.0 Å². The summed E-state index contributed by atoms with van der Waals surface area (Å²) < 4.78 is 14.2. The van der Waals surface area contributed by atoms with Crippen LogP contribution in [0.25, 0.3) is 5.57 Å². The molecule has 2 amide bonds. The van der Waals surface area contributed by atoms with Gasteiger partial charge in [-0.05, 0) is 18.6 Å². The number of nitrogens with zero attached hydrogens (tertiary/aromatic N) is 3. The first-order valence-electron chi connectivity index (χ1n) is 10.5. The average Bonchev–Trinajstić information content (AvgIpc) is 3.01. The van der Waals surface area contributed by atoms with E-state index in [0.29, 0.717) is 55.1 Å². The Morgan fingerprint density at radius 1 is 0.935 bits per heavy atom. The number of carbonyl (C=O) groups excluding carboxylic acids is 2. The number of aryl methyl sites for hydroxylation is 1. The molecule has 0 radical (unpaired) electrons. The lowest BCUT2D eigenvalue weighted by atomic mass is 10.0. The topological polar surface area (TPSA) is 64.1 Å². The monoisotopic (exact) mass is 423 g/mol. The van der Waals surface area contributed by atoms with Crippen LogP contribution in [0.15, 0.2) is 54.2 Å². The molecule has 1 fully saturated rings. The van der Waals surface area contributed by atoms with Gasteiger partial charge in [0.25, 0.3) is 11.8 Å². The largest absolute Gasteiger partial charge is 0.395 e. The number of β-amino-alcohol motifs (C(OH)–C–C–N with tert-alkyl or cyclic N) is 1. The molecule has 0 aliphatic carbocycles. The molecule has 31 heavy (non-hydrogen) atoms. The van der Waals surface area contributed by atoms with E-state index in [9.17, 15) is 19.1 Å². The van der Waals surface area contributed by atoms with Gasteiger partial charge in [-0.15, -0.1) is 0 Å². The Balaban J connectivity index is 1.68. The van der Waals surface area contributed by atoms with Crippen LogP contribution in [0.3, 0.4) is 0 Å². The second kappa shape index (κ2) is 8.99. The van der Waals surface area contributed by atoms with Gasteiger partial charge in [-0.25, -0.2) is 4.39 Å². The summed E-state index contributed by atoms with van der Waals surface area (Å²) in [5.41, 5.74) is 2.81. The number of rotatable bonds is 6. The van der Waals surface area contributed by atoms with Crippen LogP contribution < -0.4 is 0 Å². The van der Waals surface area contributed by atoms with Crippen LogP contribution >= 0.6 is 0 Å². The Morgan fingerprint density at radius 3 is 2.26 bits per heavy atom. The Morgan fingerprint density at radius 2 is 1.61 bits per heavy atom. The molecule has 2 aliphatic heterocycles. The van der Waals surface area contributed by atoms with Gasteiger partial charge >= 0.3 is 0 Å². The van der Waals surface area contributed by atoms with Gasteiger partial charge in [0.2, 0.25) is 0 Å². The van der Waals surface area contributed by atoms with Crippen LogP contribution in [0.5, 0.6) is 0 Å². The number of aliphatic hydroxyl groups excluding tert-OH is 1. The van der Waals surface area contributed by atoms with Gasteiger partial charge in [0, 0.05) is 38.3 Å². The van der Waals surface area contributed by atoms with Crippen molar-refractivity contribution in [3.8, 4) is 0 Å². The van der Waals surface area contributed by atoms with Crippen molar-refractivity contribution < 1.29 is 19.1 Å². The summed E-state index contributed by atoms with van der Waals surface area (Å²) in [7, 11) is 0. The van der Waals surface area contributed by atoms with Gasteiger partial charge in [0.15, 0.2) is 0 Å². The van der Waals surface area contributed by atoms with Crippen LogP contribution in [0.1, 0.15) is 16.7 Å². The number of piperazine rings is 1.